The van der Waals surface area contributed by atoms with Gasteiger partial charge in [-0.2, -0.15) is 0 Å². The topological polar surface area (TPSA) is 49.4 Å². The van der Waals surface area contributed by atoms with Crippen molar-refractivity contribution in [1.82, 2.24) is 10.2 Å². The monoisotopic (exact) mass is 278 g/mol. The van der Waals surface area contributed by atoms with Crippen LogP contribution in [0, 0.1) is 11.8 Å². The van der Waals surface area contributed by atoms with Crippen molar-refractivity contribution in [3.05, 3.63) is 11.6 Å². The van der Waals surface area contributed by atoms with Gasteiger partial charge in [0.25, 0.3) is 0 Å². The average molecular weight is 278 g/mol. The Hall–Kier alpha value is -1.32. The van der Waals surface area contributed by atoms with Crippen LogP contribution in [0.25, 0.3) is 0 Å². The van der Waals surface area contributed by atoms with Crippen LogP contribution in [0.3, 0.4) is 0 Å². The van der Waals surface area contributed by atoms with E-state index in [2.05, 4.69) is 5.32 Å². The van der Waals surface area contributed by atoms with Gasteiger partial charge in [-0.15, -0.1) is 0 Å². The van der Waals surface area contributed by atoms with Crippen LogP contribution in [0.2, 0.25) is 0 Å². The van der Waals surface area contributed by atoms with Gasteiger partial charge in [0.15, 0.2) is 0 Å². The molecule has 112 valence electrons. The third kappa shape index (κ3) is 4.09. The second kappa shape index (κ2) is 6.91. The number of carbonyl (C=O) groups excluding carboxylic acids is 2. The maximum absolute atomic E-state index is 12.3. The minimum atomic E-state index is -0.0270. The van der Waals surface area contributed by atoms with E-state index in [0.717, 1.165) is 37.9 Å². The number of allylic oxidation sites excluding steroid dienone is 1. The summed E-state index contributed by atoms with van der Waals surface area (Å²) in [6.45, 7) is 6.06. The van der Waals surface area contributed by atoms with Gasteiger partial charge in [0.1, 0.15) is 0 Å². The van der Waals surface area contributed by atoms with Gasteiger partial charge in [-0.3, -0.25) is 9.59 Å². The maximum Gasteiger partial charge on any atom is 0.249 e. The highest BCUT2D eigenvalue weighted by atomic mass is 16.2. The molecule has 4 heteroatoms. The standard InChI is InChI=1S/C16H26N2O2/c1-3-5-12(2)16(20)18-9-4-6-14(11-18)15(19)17-10-13-7-8-13/h5,13-14H,3-4,6-11H2,1-2H3,(H,17,19)/b12-5+/t14-/m0/s1. The molecule has 1 atom stereocenters. The molecular weight excluding hydrogens is 252 g/mol. The van der Waals surface area contributed by atoms with Crippen LogP contribution in [0.1, 0.15) is 46.0 Å². The minimum Gasteiger partial charge on any atom is -0.356 e. The molecule has 0 aromatic heterocycles. The Bertz CT molecular complexity index is 399. The second-order valence-electron chi connectivity index (χ2n) is 6.07. The van der Waals surface area contributed by atoms with E-state index in [-0.39, 0.29) is 17.7 Å². The van der Waals surface area contributed by atoms with Gasteiger partial charge in [-0.25, -0.2) is 0 Å². The molecule has 1 N–H and O–H groups in total. The predicted octanol–water partition coefficient (Wildman–Crippen LogP) is 2.11. The first-order valence-electron chi connectivity index (χ1n) is 7.85. The van der Waals surface area contributed by atoms with E-state index in [1.165, 1.54) is 12.8 Å². The number of hydrogen-bond acceptors (Lipinski definition) is 2. The van der Waals surface area contributed by atoms with Crippen molar-refractivity contribution in [3.8, 4) is 0 Å². The summed E-state index contributed by atoms with van der Waals surface area (Å²) in [6, 6.07) is 0. The summed E-state index contributed by atoms with van der Waals surface area (Å²) in [5.41, 5.74) is 0.798. The van der Waals surface area contributed by atoms with Crippen molar-refractivity contribution < 1.29 is 9.59 Å². The fraction of sp³-hybridized carbons (Fsp3) is 0.750. The normalized spacial score (nSPS) is 23.6. The van der Waals surface area contributed by atoms with Gasteiger partial charge < -0.3 is 10.2 Å². The predicted molar refractivity (Wildman–Crippen MR) is 79.1 cm³/mol. The van der Waals surface area contributed by atoms with E-state index in [4.69, 9.17) is 0 Å². The molecule has 0 radical (unpaired) electrons. The molecule has 2 rings (SSSR count). The molecule has 0 unspecified atom stereocenters. The van der Waals surface area contributed by atoms with Crippen molar-refractivity contribution in [2.45, 2.75) is 46.0 Å². The van der Waals surface area contributed by atoms with E-state index >= 15 is 0 Å². The first-order valence-corrected chi connectivity index (χ1v) is 7.85. The summed E-state index contributed by atoms with van der Waals surface area (Å²) in [6.07, 6.45) is 7.15. The Labute approximate surface area is 121 Å². The van der Waals surface area contributed by atoms with Gasteiger partial charge in [0, 0.05) is 25.2 Å². The van der Waals surface area contributed by atoms with E-state index in [1.54, 1.807) is 0 Å². The van der Waals surface area contributed by atoms with Crippen LogP contribution in [0.5, 0.6) is 0 Å². The van der Waals surface area contributed by atoms with Gasteiger partial charge in [-0.1, -0.05) is 13.0 Å². The molecule has 0 bridgehead atoms. The number of nitrogens with one attached hydrogen (secondary N) is 1. The summed E-state index contributed by atoms with van der Waals surface area (Å²) in [5, 5.41) is 3.04. The first-order chi connectivity index (χ1) is 9.61. The second-order valence-corrected chi connectivity index (χ2v) is 6.07. The molecule has 2 amide bonds. The molecule has 2 aliphatic rings. The lowest BCUT2D eigenvalue weighted by Crippen LogP contribution is -2.46. The number of likely N-dealkylation sites (tertiary alicyclic amines) is 1. The summed E-state index contributed by atoms with van der Waals surface area (Å²) in [4.78, 5) is 26.2. The van der Waals surface area contributed by atoms with E-state index in [1.807, 2.05) is 24.8 Å². The lowest BCUT2D eigenvalue weighted by atomic mass is 9.96. The van der Waals surface area contributed by atoms with E-state index < -0.39 is 0 Å². The molecule has 20 heavy (non-hydrogen) atoms. The molecular formula is C16H26N2O2. The third-order valence-corrected chi connectivity index (χ3v) is 4.19. The number of piperidine rings is 1. The number of amides is 2. The Kier molecular flexibility index (Phi) is 5.21. The van der Waals surface area contributed by atoms with Crippen LogP contribution in [-0.4, -0.2) is 36.3 Å². The van der Waals surface area contributed by atoms with Crippen LogP contribution >= 0.6 is 0 Å². The third-order valence-electron chi connectivity index (χ3n) is 4.19. The van der Waals surface area contributed by atoms with Crippen LogP contribution in [0.15, 0.2) is 11.6 Å². The fourth-order valence-electron chi connectivity index (χ4n) is 2.73. The zero-order valence-electron chi connectivity index (χ0n) is 12.7. The molecule has 0 aromatic carbocycles. The summed E-state index contributed by atoms with van der Waals surface area (Å²) >= 11 is 0. The Balaban J connectivity index is 1.85. The summed E-state index contributed by atoms with van der Waals surface area (Å²) < 4.78 is 0. The van der Waals surface area contributed by atoms with Gasteiger partial charge in [0.05, 0.1) is 5.92 Å². The van der Waals surface area contributed by atoms with Crippen LogP contribution < -0.4 is 5.32 Å². The first kappa shape index (κ1) is 15.1. The Morgan fingerprint density at radius 3 is 2.70 bits per heavy atom. The lowest BCUT2D eigenvalue weighted by molar-refractivity contribution is -0.132. The summed E-state index contributed by atoms with van der Waals surface area (Å²) in [5.74, 6) is 0.897. The molecule has 0 aromatic rings. The highest BCUT2D eigenvalue weighted by molar-refractivity contribution is 5.93. The van der Waals surface area contributed by atoms with Crippen molar-refractivity contribution in [1.29, 1.82) is 0 Å². The molecule has 4 nitrogen and oxygen atoms in total. The molecule has 1 saturated carbocycles. The maximum atomic E-state index is 12.3. The minimum absolute atomic E-state index is 0.0270. The van der Waals surface area contributed by atoms with Gasteiger partial charge in [-0.05, 0) is 44.9 Å². The quantitative estimate of drug-likeness (QED) is 0.783. The van der Waals surface area contributed by atoms with Crippen LogP contribution in [0.4, 0.5) is 0 Å². The van der Waals surface area contributed by atoms with Crippen molar-refractivity contribution in [2.24, 2.45) is 11.8 Å². The smallest absolute Gasteiger partial charge is 0.249 e. The largest absolute Gasteiger partial charge is 0.356 e. The fourth-order valence-corrected chi connectivity index (χ4v) is 2.73. The van der Waals surface area contributed by atoms with Crippen molar-refractivity contribution in [3.63, 3.8) is 0 Å². The number of rotatable bonds is 5. The summed E-state index contributed by atoms with van der Waals surface area (Å²) in [7, 11) is 0. The Morgan fingerprint density at radius 2 is 2.05 bits per heavy atom. The van der Waals surface area contributed by atoms with Crippen molar-refractivity contribution in [2.75, 3.05) is 19.6 Å². The average Bonchev–Trinajstić information content (AvgIpc) is 3.28. The lowest BCUT2D eigenvalue weighted by Gasteiger charge is -2.32. The molecule has 1 aliphatic carbocycles. The molecule has 0 spiro atoms. The van der Waals surface area contributed by atoms with E-state index in [9.17, 15) is 9.59 Å². The highest BCUT2D eigenvalue weighted by Gasteiger charge is 2.30. The molecule has 2 fully saturated rings. The molecule has 1 saturated heterocycles. The molecule has 1 aliphatic heterocycles. The van der Waals surface area contributed by atoms with Crippen LogP contribution in [-0.2, 0) is 9.59 Å². The number of nitrogens with zero attached hydrogens (tertiary/aromatic N) is 1. The highest BCUT2D eigenvalue weighted by Crippen LogP contribution is 2.28. The van der Waals surface area contributed by atoms with Crippen molar-refractivity contribution >= 4 is 11.8 Å². The van der Waals surface area contributed by atoms with E-state index in [0.29, 0.717) is 12.5 Å². The number of hydrogen-bond donors (Lipinski definition) is 1. The molecule has 1 heterocycles. The van der Waals surface area contributed by atoms with Gasteiger partial charge in [0.2, 0.25) is 11.8 Å². The zero-order chi connectivity index (χ0) is 14.5. The Morgan fingerprint density at radius 1 is 1.30 bits per heavy atom. The zero-order valence-corrected chi connectivity index (χ0v) is 12.7. The number of carbonyl (C=O) groups is 2. The van der Waals surface area contributed by atoms with Gasteiger partial charge >= 0.3 is 0 Å². The SMILES string of the molecule is CC/C=C(\C)C(=O)N1CCC[C@H](C(=O)NCC2CC2)C1.